The highest BCUT2D eigenvalue weighted by Crippen LogP contribution is 2.11. The minimum absolute atomic E-state index is 0.135. The van der Waals surface area contributed by atoms with Crippen LogP contribution in [-0.4, -0.2) is 40.1 Å². The zero-order valence-corrected chi connectivity index (χ0v) is 11.4. The minimum atomic E-state index is -0.442. The molecular weight excluding hydrogens is 266 g/mol. The highest BCUT2D eigenvalue weighted by atomic mass is 16.6. The lowest BCUT2D eigenvalue weighted by molar-refractivity contribution is 0.0922. The Hall–Kier alpha value is -2.29. The number of ether oxygens (including phenoxy) is 1. The Labute approximate surface area is 114 Å². The third kappa shape index (κ3) is 3.18. The molecule has 20 heavy (non-hydrogen) atoms. The van der Waals surface area contributed by atoms with Crippen molar-refractivity contribution in [3.8, 4) is 0 Å². The number of rotatable bonds is 6. The lowest BCUT2D eigenvalue weighted by atomic mass is 10.3. The SMILES string of the molecule is COCCc1noc([C@H](C)NC(=O)c2nonc2C)n1. The van der Waals surface area contributed by atoms with Crippen LogP contribution in [0.15, 0.2) is 9.15 Å². The number of amides is 1. The van der Waals surface area contributed by atoms with Gasteiger partial charge in [-0.05, 0) is 19.0 Å². The minimum Gasteiger partial charge on any atom is -0.384 e. The quantitative estimate of drug-likeness (QED) is 0.810. The molecule has 2 aromatic heterocycles. The summed E-state index contributed by atoms with van der Waals surface area (Å²) in [6.07, 6.45) is 0.549. The maximum Gasteiger partial charge on any atom is 0.276 e. The van der Waals surface area contributed by atoms with Crippen LogP contribution >= 0.6 is 0 Å². The highest BCUT2D eigenvalue weighted by molar-refractivity contribution is 5.93. The standard InChI is InChI=1S/C11H15N5O4/c1-6-9(16-20-14-6)10(17)12-7(2)11-13-8(15-19-11)4-5-18-3/h7H,4-5H2,1-3H3,(H,12,17)/t7-/m0/s1. The average molecular weight is 281 g/mol. The molecular formula is C11H15N5O4. The van der Waals surface area contributed by atoms with Crippen molar-refractivity contribution in [3.63, 3.8) is 0 Å². The van der Waals surface area contributed by atoms with Gasteiger partial charge in [0.15, 0.2) is 11.5 Å². The van der Waals surface area contributed by atoms with Crippen LogP contribution in [0.2, 0.25) is 0 Å². The third-order valence-electron chi connectivity index (χ3n) is 2.60. The van der Waals surface area contributed by atoms with Crippen molar-refractivity contribution in [2.24, 2.45) is 0 Å². The van der Waals surface area contributed by atoms with E-state index in [4.69, 9.17) is 9.26 Å². The molecule has 0 aliphatic rings. The molecule has 0 aliphatic heterocycles. The number of hydrogen-bond donors (Lipinski definition) is 1. The number of carbonyl (C=O) groups excluding carboxylic acids is 1. The highest BCUT2D eigenvalue weighted by Gasteiger charge is 2.21. The topological polar surface area (TPSA) is 116 Å². The van der Waals surface area contributed by atoms with Gasteiger partial charge in [0.2, 0.25) is 5.89 Å². The summed E-state index contributed by atoms with van der Waals surface area (Å²) in [6, 6.07) is -0.442. The van der Waals surface area contributed by atoms with Gasteiger partial charge in [-0.15, -0.1) is 0 Å². The molecule has 0 saturated carbocycles. The summed E-state index contributed by atoms with van der Waals surface area (Å²) in [4.78, 5) is 16.1. The van der Waals surface area contributed by atoms with Gasteiger partial charge in [0.05, 0.1) is 6.61 Å². The van der Waals surface area contributed by atoms with Crippen molar-refractivity contribution >= 4 is 5.91 Å². The molecule has 0 radical (unpaired) electrons. The molecule has 0 aromatic carbocycles. The fourth-order valence-electron chi connectivity index (χ4n) is 1.50. The van der Waals surface area contributed by atoms with Gasteiger partial charge in [0.25, 0.3) is 5.91 Å². The van der Waals surface area contributed by atoms with E-state index in [-0.39, 0.29) is 5.69 Å². The molecule has 0 fully saturated rings. The molecule has 0 aliphatic carbocycles. The van der Waals surface area contributed by atoms with Crippen molar-refractivity contribution in [1.29, 1.82) is 0 Å². The van der Waals surface area contributed by atoms with E-state index in [0.29, 0.717) is 30.4 Å². The first-order valence-electron chi connectivity index (χ1n) is 6.03. The number of nitrogens with zero attached hydrogens (tertiary/aromatic N) is 4. The number of carbonyl (C=O) groups is 1. The predicted octanol–water partition coefficient (Wildman–Crippen LogP) is 0.441. The normalized spacial score (nSPS) is 12.3. The van der Waals surface area contributed by atoms with Gasteiger partial charge in [-0.2, -0.15) is 4.98 Å². The van der Waals surface area contributed by atoms with Crippen molar-refractivity contribution in [3.05, 3.63) is 23.1 Å². The summed E-state index contributed by atoms with van der Waals surface area (Å²) in [5.41, 5.74) is 0.553. The number of aromatic nitrogens is 4. The molecule has 2 rings (SSSR count). The molecule has 2 heterocycles. The van der Waals surface area contributed by atoms with E-state index in [0.717, 1.165) is 0 Å². The fraction of sp³-hybridized carbons (Fsp3) is 0.545. The maximum atomic E-state index is 11.9. The molecule has 0 saturated heterocycles. The van der Waals surface area contributed by atoms with Gasteiger partial charge in [-0.1, -0.05) is 10.3 Å². The van der Waals surface area contributed by atoms with Gasteiger partial charge in [-0.25, -0.2) is 4.63 Å². The molecule has 0 bridgehead atoms. The van der Waals surface area contributed by atoms with E-state index in [9.17, 15) is 4.79 Å². The van der Waals surface area contributed by atoms with Gasteiger partial charge < -0.3 is 14.6 Å². The van der Waals surface area contributed by atoms with Crippen LogP contribution in [0.1, 0.15) is 40.9 Å². The van der Waals surface area contributed by atoms with Crippen molar-refractivity contribution < 1.29 is 18.7 Å². The van der Waals surface area contributed by atoms with E-state index >= 15 is 0 Å². The molecule has 9 heteroatoms. The van der Waals surface area contributed by atoms with Gasteiger partial charge >= 0.3 is 0 Å². The molecule has 1 atom stereocenters. The second-order valence-electron chi connectivity index (χ2n) is 4.19. The van der Waals surface area contributed by atoms with E-state index in [1.165, 1.54) is 0 Å². The fourth-order valence-corrected chi connectivity index (χ4v) is 1.50. The molecule has 1 N–H and O–H groups in total. The first-order valence-corrected chi connectivity index (χ1v) is 6.03. The molecule has 0 spiro atoms. The summed E-state index contributed by atoms with van der Waals surface area (Å²) in [6.45, 7) is 3.86. The van der Waals surface area contributed by atoms with Crippen LogP contribution in [-0.2, 0) is 11.2 Å². The summed E-state index contributed by atoms with van der Waals surface area (Å²) in [5, 5.41) is 13.5. The van der Waals surface area contributed by atoms with E-state index in [2.05, 4.69) is 30.4 Å². The molecule has 2 aromatic rings. The predicted molar refractivity (Wildman–Crippen MR) is 64.8 cm³/mol. The second kappa shape index (κ2) is 6.24. The monoisotopic (exact) mass is 281 g/mol. The second-order valence-corrected chi connectivity index (χ2v) is 4.19. The Morgan fingerprint density at radius 1 is 1.40 bits per heavy atom. The Kier molecular flexibility index (Phi) is 4.41. The van der Waals surface area contributed by atoms with Gasteiger partial charge in [-0.3, -0.25) is 4.79 Å². The maximum absolute atomic E-state index is 11.9. The largest absolute Gasteiger partial charge is 0.384 e. The Bertz CT molecular complexity index is 579. The number of hydrogen-bond acceptors (Lipinski definition) is 8. The Balaban J connectivity index is 1.97. The first-order chi connectivity index (χ1) is 9.61. The third-order valence-corrected chi connectivity index (χ3v) is 2.60. The van der Waals surface area contributed by atoms with Crippen LogP contribution in [0.25, 0.3) is 0 Å². The van der Waals surface area contributed by atoms with Crippen LogP contribution in [0.5, 0.6) is 0 Å². The Morgan fingerprint density at radius 3 is 2.85 bits per heavy atom. The van der Waals surface area contributed by atoms with E-state index in [1.54, 1.807) is 21.0 Å². The number of aryl methyl sites for hydroxylation is 1. The summed E-state index contributed by atoms with van der Waals surface area (Å²) in [7, 11) is 1.60. The van der Waals surface area contributed by atoms with Gasteiger partial charge in [0, 0.05) is 13.5 Å². The summed E-state index contributed by atoms with van der Waals surface area (Å²) < 4.78 is 14.5. The lowest BCUT2D eigenvalue weighted by Crippen LogP contribution is -2.27. The van der Waals surface area contributed by atoms with Crippen LogP contribution in [0, 0.1) is 6.92 Å². The average Bonchev–Trinajstić information content (AvgIpc) is 3.04. The van der Waals surface area contributed by atoms with Crippen LogP contribution in [0.4, 0.5) is 0 Å². The zero-order valence-electron chi connectivity index (χ0n) is 11.4. The number of nitrogens with one attached hydrogen (secondary N) is 1. The molecule has 1 amide bonds. The molecule has 108 valence electrons. The van der Waals surface area contributed by atoms with Crippen molar-refractivity contribution in [2.75, 3.05) is 13.7 Å². The smallest absolute Gasteiger partial charge is 0.276 e. The van der Waals surface area contributed by atoms with E-state index < -0.39 is 11.9 Å². The summed E-state index contributed by atoms with van der Waals surface area (Å²) >= 11 is 0. The van der Waals surface area contributed by atoms with Crippen molar-refractivity contribution in [2.45, 2.75) is 26.3 Å². The van der Waals surface area contributed by atoms with Crippen LogP contribution in [0.3, 0.4) is 0 Å². The van der Waals surface area contributed by atoms with E-state index in [1.807, 2.05) is 0 Å². The summed E-state index contributed by atoms with van der Waals surface area (Å²) in [5.74, 6) is 0.439. The number of methoxy groups -OCH3 is 1. The van der Waals surface area contributed by atoms with Crippen LogP contribution < -0.4 is 5.32 Å². The lowest BCUT2D eigenvalue weighted by Gasteiger charge is -2.07. The Morgan fingerprint density at radius 2 is 2.20 bits per heavy atom. The first kappa shape index (κ1) is 14.1. The molecule has 9 nitrogen and oxygen atoms in total. The van der Waals surface area contributed by atoms with Gasteiger partial charge in [0.1, 0.15) is 11.7 Å². The molecule has 0 unspecified atom stereocenters. The van der Waals surface area contributed by atoms with Crippen molar-refractivity contribution in [1.82, 2.24) is 25.8 Å². The zero-order chi connectivity index (χ0) is 14.5.